The molecule has 0 aliphatic rings. The normalized spacial score (nSPS) is 12.8. The molecule has 0 saturated heterocycles. The van der Waals surface area contributed by atoms with E-state index < -0.39 is 23.9 Å². The Hall–Kier alpha value is -1.63. The van der Waals surface area contributed by atoms with Crippen molar-refractivity contribution in [3.63, 3.8) is 0 Å². The van der Waals surface area contributed by atoms with Gasteiger partial charge in [0.25, 0.3) is 0 Å². The van der Waals surface area contributed by atoms with E-state index in [1.807, 2.05) is 6.92 Å². The summed E-state index contributed by atoms with van der Waals surface area (Å²) in [4.78, 5) is 11.9. The summed E-state index contributed by atoms with van der Waals surface area (Å²) < 4.78 is 44.1. The lowest BCUT2D eigenvalue weighted by atomic mass is 10.1. The number of amides is 1. The number of benzene rings is 1. The van der Waals surface area contributed by atoms with E-state index in [1.165, 1.54) is 7.05 Å². The Morgan fingerprint density at radius 2 is 2.04 bits per heavy atom. The molecule has 1 aromatic carbocycles. The molecule has 24 heavy (non-hydrogen) atoms. The highest BCUT2D eigenvalue weighted by atomic mass is 35.5. The minimum absolute atomic E-state index is 0.0365. The Balaban J connectivity index is 2.87. The summed E-state index contributed by atoms with van der Waals surface area (Å²) in [5.74, 6) is -0.0365. The molecule has 0 spiro atoms. The average Bonchev–Trinajstić information content (AvgIpc) is 2.50. The minimum atomic E-state index is -4.48. The second-order valence-corrected chi connectivity index (χ2v) is 5.93. The van der Waals surface area contributed by atoms with Crippen LogP contribution in [-0.4, -0.2) is 35.8 Å². The van der Waals surface area contributed by atoms with Crippen molar-refractivity contribution in [1.82, 2.24) is 4.90 Å². The molecule has 1 unspecified atom stereocenters. The predicted octanol–water partition coefficient (Wildman–Crippen LogP) is 5.30. The van der Waals surface area contributed by atoms with E-state index >= 15 is 0 Å². The van der Waals surface area contributed by atoms with Crippen LogP contribution < -0.4 is 4.74 Å². The van der Waals surface area contributed by atoms with Crippen LogP contribution in [-0.2, 0) is 6.18 Å². The van der Waals surface area contributed by atoms with E-state index in [0.717, 1.165) is 35.9 Å². The van der Waals surface area contributed by atoms with Gasteiger partial charge < -0.3 is 14.7 Å². The highest BCUT2D eigenvalue weighted by molar-refractivity contribution is 6.32. The van der Waals surface area contributed by atoms with Gasteiger partial charge in [-0.1, -0.05) is 31.4 Å². The van der Waals surface area contributed by atoms with Crippen LogP contribution in [0.1, 0.15) is 38.2 Å². The minimum Gasteiger partial charge on any atom is -0.489 e. The largest absolute Gasteiger partial charge is 0.489 e. The summed E-state index contributed by atoms with van der Waals surface area (Å²) in [7, 11) is 1.43. The number of alkyl halides is 3. The third-order valence-corrected chi connectivity index (χ3v) is 3.86. The van der Waals surface area contributed by atoms with Crippen LogP contribution >= 0.6 is 11.6 Å². The number of ether oxygens (including phenoxy) is 1. The van der Waals surface area contributed by atoms with Gasteiger partial charge in [-0.25, -0.2) is 4.79 Å². The first-order valence-corrected chi connectivity index (χ1v) is 8.00. The summed E-state index contributed by atoms with van der Waals surface area (Å²) >= 11 is 5.94. The topological polar surface area (TPSA) is 49.8 Å². The first kappa shape index (κ1) is 20.4. The number of carbonyl (C=O) groups is 1. The lowest BCUT2D eigenvalue weighted by Gasteiger charge is -2.22. The second kappa shape index (κ2) is 9.01. The van der Waals surface area contributed by atoms with Crippen LogP contribution in [0, 0.1) is 0 Å². The van der Waals surface area contributed by atoms with Gasteiger partial charge in [0.05, 0.1) is 10.6 Å². The van der Waals surface area contributed by atoms with Crippen LogP contribution in [0.4, 0.5) is 18.0 Å². The van der Waals surface area contributed by atoms with Crippen molar-refractivity contribution in [2.24, 2.45) is 0 Å². The van der Waals surface area contributed by atoms with Crippen LogP contribution in [0.25, 0.3) is 0 Å². The summed E-state index contributed by atoms with van der Waals surface area (Å²) in [6.45, 7) is 2.21. The molecule has 0 aliphatic heterocycles. The summed E-state index contributed by atoms with van der Waals surface area (Å²) in [5.41, 5.74) is -0.834. The molecule has 0 fully saturated rings. The fourth-order valence-corrected chi connectivity index (χ4v) is 2.24. The van der Waals surface area contributed by atoms with Crippen molar-refractivity contribution in [2.75, 3.05) is 13.6 Å². The molecule has 1 amide bonds. The van der Waals surface area contributed by atoms with E-state index in [2.05, 4.69) is 0 Å². The zero-order valence-electron chi connectivity index (χ0n) is 13.6. The highest BCUT2D eigenvalue weighted by Gasteiger charge is 2.31. The highest BCUT2D eigenvalue weighted by Crippen LogP contribution is 2.35. The van der Waals surface area contributed by atoms with Gasteiger partial charge in [0.2, 0.25) is 0 Å². The standard InChI is InChI=1S/C16H21ClF3NO3/c1-3-4-5-12(8-9-21(2)15(22)23)24-14-10-11(16(18,19)20)6-7-13(14)17/h6-7,10,12H,3-5,8-9H2,1-2H3,(H,22,23). The third kappa shape index (κ3) is 6.47. The van der Waals surface area contributed by atoms with Gasteiger partial charge in [-0.3, -0.25) is 0 Å². The van der Waals surface area contributed by atoms with Gasteiger partial charge >= 0.3 is 12.3 Å². The summed E-state index contributed by atoms with van der Waals surface area (Å²) in [6.07, 6.45) is -3.27. The maximum Gasteiger partial charge on any atom is 0.416 e. The number of hydrogen-bond donors (Lipinski definition) is 1. The Bertz CT molecular complexity index is 552. The van der Waals surface area contributed by atoms with Gasteiger partial charge in [-0.2, -0.15) is 13.2 Å². The number of unbranched alkanes of at least 4 members (excludes halogenated alkanes) is 1. The quantitative estimate of drug-likeness (QED) is 0.678. The average molecular weight is 368 g/mol. The van der Waals surface area contributed by atoms with Crippen LogP contribution in [0.3, 0.4) is 0 Å². The number of carboxylic acid groups (broad SMARTS) is 1. The monoisotopic (exact) mass is 367 g/mol. The lowest BCUT2D eigenvalue weighted by molar-refractivity contribution is -0.137. The molecular weight excluding hydrogens is 347 g/mol. The molecule has 136 valence electrons. The molecule has 1 N–H and O–H groups in total. The van der Waals surface area contributed by atoms with Gasteiger partial charge in [0.15, 0.2) is 0 Å². The predicted molar refractivity (Wildman–Crippen MR) is 85.7 cm³/mol. The number of hydrogen-bond acceptors (Lipinski definition) is 2. The van der Waals surface area contributed by atoms with Crippen molar-refractivity contribution in [1.29, 1.82) is 0 Å². The molecule has 0 aliphatic carbocycles. The first-order valence-electron chi connectivity index (χ1n) is 7.62. The first-order chi connectivity index (χ1) is 11.1. The van der Waals surface area contributed by atoms with Gasteiger partial charge in [-0.05, 0) is 24.6 Å². The zero-order chi connectivity index (χ0) is 18.3. The molecule has 0 heterocycles. The molecule has 0 saturated carbocycles. The molecule has 1 atom stereocenters. The van der Waals surface area contributed by atoms with Crippen LogP contribution in [0.15, 0.2) is 18.2 Å². The second-order valence-electron chi connectivity index (χ2n) is 5.52. The van der Waals surface area contributed by atoms with E-state index in [1.54, 1.807) is 0 Å². The Kier molecular flexibility index (Phi) is 7.66. The summed E-state index contributed by atoms with van der Waals surface area (Å²) in [6, 6.07) is 2.93. The molecule has 0 bridgehead atoms. The van der Waals surface area contributed by atoms with Crippen molar-refractivity contribution in [2.45, 2.75) is 44.9 Å². The van der Waals surface area contributed by atoms with Crippen LogP contribution in [0.5, 0.6) is 5.75 Å². The molecular formula is C16H21ClF3NO3. The SMILES string of the molecule is CCCCC(CCN(C)C(=O)O)Oc1cc(C(F)(F)F)ccc1Cl. The lowest BCUT2D eigenvalue weighted by Crippen LogP contribution is -2.30. The van der Waals surface area contributed by atoms with Gasteiger partial charge in [0.1, 0.15) is 11.9 Å². The number of halogens is 4. The van der Waals surface area contributed by atoms with E-state index in [0.29, 0.717) is 12.8 Å². The van der Waals surface area contributed by atoms with E-state index in [4.69, 9.17) is 21.4 Å². The maximum absolute atomic E-state index is 12.8. The van der Waals surface area contributed by atoms with Crippen LogP contribution in [0.2, 0.25) is 5.02 Å². The third-order valence-electron chi connectivity index (χ3n) is 3.54. The van der Waals surface area contributed by atoms with Gasteiger partial charge in [0, 0.05) is 20.0 Å². The zero-order valence-corrected chi connectivity index (χ0v) is 14.3. The van der Waals surface area contributed by atoms with Crippen molar-refractivity contribution in [3.8, 4) is 5.75 Å². The maximum atomic E-state index is 12.8. The van der Waals surface area contributed by atoms with Crippen molar-refractivity contribution < 1.29 is 27.8 Å². The molecule has 8 heteroatoms. The Labute approximate surface area is 144 Å². The molecule has 1 aromatic rings. The number of rotatable bonds is 8. The molecule has 0 radical (unpaired) electrons. The van der Waals surface area contributed by atoms with Crippen molar-refractivity contribution >= 4 is 17.7 Å². The van der Waals surface area contributed by atoms with Crippen molar-refractivity contribution in [3.05, 3.63) is 28.8 Å². The molecule has 4 nitrogen and oxygen atoms in total. The molecule has 0 aromatic heterocycles. The fourth-order valence-electron chi connectivity index (χ4n) is 2.08. The molecule has 1 rings (SSSR count). The fraction of sp³-hybridized carbons (Fsp3) is 0.562. The van der Waals surface area contributed by atoms with Gasteiger partial charge in [-0.15, -0.1) is 0 Å². The Morgan fingerprint density at radius 1 is 1.38 bits per heavy atom. The van der Waals surface area contributed by atoms with E-state index in [9.17, 15) is 18.0 Å². The smallest absolute Gasteiger partial charge is 0.416 e. The summed E-state index contributed by atoms with van der Waals surface area (Å²) in [5, 5.41) is 8.96. The number of nitrogens with zero attached hydrogens (tertiary/aromatic N) is 1. The Morgan fingerprint density at radius 3 is 2.58 bits per heavy atom. The van der Waals surface area contributed by atoms with E-state index in [-0.39, 0.29) is 17.3 Å².